The minimum atomic E-state index is -0.678. The van der Waals surface area contributed by atoms with E-state index in [0.717, 1.165) is 37.4 Å². The van der Waals surface area contributed by atoms with Crippen molar-refractivity contribution in [2.45, 2.75) is 71.4 Å². The van der Waals surface area contributed by atoms with Crippen molar-refractivity contribution in [1.82, 2.24) is 9.80 Å². The lowest BCUT2D eigenvalue weighted by Gasteiger charge is -2.39. The van der Waals surface area contributed by atoms with Crippen molar-refractivity contribution in [2.75, 3.05) is 26.2 Å². The third-order valence-corrected chi connectivity index (χ3v) is 8.37. The summed E-state index contributed by atoms with van der Waals surface area (Å²) in [4.78, 5) is 5.35. The highest BCUT2D eigenvalue weighted by molar-refractivity contribution is 5.40. The summed E-state index contributed by atoms with van der Waals surface area (Å²) in [7, 11) is 0. The van der Waals surface area contributed by atoms with Gasteiger partial charge in [-0.2, -0.15) is 0 Å². The topological polar surface area (TPSA) is 15.7 Å². The molecule has 3 nitrogen and oxygen atoms in total. The first-order valence-corrected chi connectivity index (χ1v) is 13.7. The second-order valence-corrected chi connectivity index (χ2v) is 11.4. The molecule has 3 aliphatic rings. The van der Waals surface area contributed by atoms with Gasteiger partial charge in [0.1, 0.15) is 11.6 Å². The number of ether oxygens (including phenoxy) is 1. The van der Waals surface area contributed by atoms with E-state index in [2.05, 4.69) is 29.7 Å². The summed E-state index contributed by atoms with van der Waals surface area (Å²) in [5.74, 6) is 1.87. The van der Waals surface area contributed by atoms with E-state index in [1.807, 2.05) is 12.1 Å². The number of hydrogen-bond acceptors (Lipinski definition) is 3. The number of piperidine rings is 1. The molecule has 1 atom stereocenters. The second kappa shape index (κ2) is 11.0. The molecule has 2 aromatic carbocycles. The molecule has 2 heterocycles. The molecule has 2 aliphatic heterocycles. The third-order valence-electron chi connectivity index (χ3n) is 8.37. The normalized spacial score (nSPS) is 20.7. The maximum absolute atomic E-state index is 14.1. The summed E-state index contributed by atoms with van der Waals surface area (Å²) in [6.45, 7) is 10.6. The van der Waals surface area contributed by atoms with Gasteiger partial charge in [-0.05, 0) is 111 Å². The number of fused-ring (bicyclic) bond motifs is 1. The predicted molar refractivity (Wildman–Crippen MR) is 137 cm³/mol. The molecule has 190 valence electrons. The van der Waals surface area contributed by atoms with E-state index < -0.39 is 11.6 Å². The van der Waals surface area contributed by atoms with Gasteiger partial charge >= 0.3 is 0 Å². The Labute approximate surface area is 209 Å². The van der Waals surface area contributed by atoms with Crippen LogP contribution in [0.5, 0.6) is 11.5 Å². The maximum atomic E-state index is 14.1. The van der Waals surface area contributed by atoms with Crippen LogP contribution in [-0.4, -0.2) is 42.0 Å². The molecule has 1 saturated heterocycles. The highest BCUT2D eigenvalue weighted by Gasteiger charge is 2.29. The average Bonchev–Trinajstić information content (AvgIpc) is 3.66. The maximum Gasteiger partial charge on any atom is 0.168 e. The molecule has 35 heavy (non-hydrogen) atoms. The fourth-order valence-electron chi connectivity index (χ4n) is 6.05. The smallest absolute Gasteiger partial charge is 0.168 e. The summed E-state index contributed by atoms with van der Waals surface area (Å²) in [5.41, 5.74) is 2.61. The molecule has 2 aromatic rings. The molecule has 0 spiro atoms. The van der Waals surface area contributed by atoms with Crippen LogP contribution in [0.1, 0.15) is 63.5 Å². The van der Waals surface area contributed by atoms with Crippen LogP contribution in [-0.2, 0) is 13.0 Å². The van der Waals surface area contributed by atoms with Gasteiger partial charge in [0.05, 0.1) is 0 Å². The second-order valence-electron chi connectivity index (χ2n) is 11.4. The van der Waals surface area contributed by atoms with Crippen molar-refractivity contribution in [3.63, 3.8) is 0 Å². The Balaban J connectivity index is 1.18. The Kier molecular flexibility index (Phi) is 7.74. The van der Waals surface area contributed by atoms with Crippen LogP contribution >= 0.6 is 0 Å². The molecule has 5 heteroatoms. The van der Waals surface area contributed by atoms with Crippen LogP contribution in [0.4, 0.5) is 8.78 Å². The zero-order chi connectivity index (χ0) is 24.4. The largest absolute Gasteiger partial charge is 0.454 e. The van der Waals surface area contributed by atoms with Crippen LogP contribution in [0.25, 0.3) is 0 Å². The van der Waals surface area contributed by atoms with Gasteiger partial charge in [0.15, 0.2) is 11.6 Å². The van der Waals surface area contributed by atoms with Gasteiger partial charge in [-0.3, -0.25) is 4.90 Å². The molecule has 1 unspecified atom stereocenters. The molecule has 0 amide bonds. The average molecular weight is 483 g/mol. The summed E-state index contributed by atoms with van der Waals surface area (Å²) >= 11 is 0. The zero-order valence-corrected chi connectivity index (χ0v) is 21.3. The van der Waals surface area contributed by atoms with Crippen LogP contribution in [0.2, 0.25) is 0 Å². The van der Waals surface area contributed by atoms with E-state index in [0.29, 0.717) is 17.7 Å². The van der Waals surface area contributed by atoms with E-state index in [9.17, 15) is 8.78 Å². The van der Waals surface area contributed by atoms with Gasteiger partial charge in [-0.1, -0.05) is 19.9 Å². The molecular formula is C30H40F2N2O. The first-order valence-electron chi connectivity index (χ1n) is 13.7. The van der Waals surface area contributed by atoms with Crippen molar-refractivity contribution in [1.29, 1.82) is 0 Å². The SMILES string of the molecule is CC(C)C(CCC1CCN(CC2CC2)CC1)N1CCc2ccc(Oc3ccc(F)cc3F)cc2C1. The molecule has 0 radical (unpaired) electrons. The highest BCUT2D eigenvalue weighted by Crippen LogP contribution is 2.34. The summed E-state index contributed by atoms with van der Waals surface area (Å²) < 4.78 is 33.1. The van der Waals surface area contributed by atoms with E-state index >= 15 is 0 Å². The predicted octanol–water partition coefficient (Wildman–Crippen LogP) is 7.04. The van der Waals surface area contributed by atoms with Gasteiger partial charge in [0.2, 0.25) is 0 Å². The highest BCUT2D eigenvalue weighted by atomic mass is 19.1. The minimum Gasteiger partial charge on any atom is -0.454 e. The van der Waals surface area contributed by atoms with Gasteiger partial charge in [0.25, 0.3) is 0 Å². The Morgan fingerprint density at radius 2 is 1.71 bits per heavy atom. The standard InChI is InChI=1S/C30H40F2N2O/c1-21(2)29(9-5-22-11-14-33(15-12-22)19-23-3-4-23)34-16-13-24-6-8-27(17-25(24)20-34)35-30-10-7-26(31)18-28(30)32/h6-8,10,17-18,21-23,29H,3-5,9,11-16,19-20H2,1-2H3. The van der Waals surface area contributed by atoms with Crippen molar-refractivity contribution >= 4 is 0 Å². The van der Waals surface area contributed by atoms with E-state index in [1.165, 1.54) is 81.4 Å². The number of halogens is 2. The molecule has 1 saturated carbocycles. The Hall–Kier alpha value is -1.98. The Morgan fingerprint density at radius 1 is 0.914 bits per heavy atom. The molecule has 0 aromatic heterocycles. The molecular weight excluding hydrogens is 442 g/mol. The van der Waals surface area contributed by atoms with Crippen LogP contribution < -0.4 is 4.74 Å². The van der Waals surface area contributed by atoms with Gasteiger partial charge in [-0.15, -0.1) is 0 Å². The number of likely N-dealkylation sites (tertiary alicyclic amines) is 1. The number of benzene rings is 2. The molecule has 1 aliphatic carbocycles. The molecule has 5 rings (SSSR count). The minimum absolute atomic E-state index is 0.0576. The first kappa shape index (κ1) is 24.7. The number of nitrogens with zero attached hydrogens (tertiary/aromatic N) is 2. The van der Waals surface area contributed by atoms with E-state index in [-0.39, 0.29) is 5.75 Å². The number of rotatable bonds is 9. The summed E-state index contributed by atoms with van der Waals surface area (Å²) in [6.07, 6.45) is 9.25. The fourth-order valence-corrected chi connectivity index (χ4v) is 6.05. The van der Waals surface area contributed by atoms with Crippen molar-refractivity contribution in [2.24, 2.45) is 17.8 Å². The zero-order valence-electron chi connectivity index (χ0n) is 21.3. The van der Waals surface area contributed by atoms with Crippen molar-refractivity contribution in [3.05, 3.63) is 59.2 Å². The monoisotopic (exact) mass is 482 g/mol. The third kappa shape index (κ3) is 6.42. The Bertz CT molecular complexity index is 998. The van der Waals surface area contributed by atoms with Gasteiger partial charge < -0.3 is 9.64 Å². The van der Waals surface area contributed by atoms with Crippen LogP contribution in [0.3, 0.4) is 0 Å². The van der Waals surface area contributed by atoms with Gasteiger partial charge in [0, 0.05) is 31.7 Å². The fraction of sp³-hybridized carbons (Fsp3) is 0.600. The lowest BCUT2D eigenvalue weighted by Crippen LogP contribution is -2.43. The van der Waals surface area contributed by atoms with E-state index in [1.54, 1.807) is 0 Å². The van der Waals surface area contributed by atoms with Crippen molar-refractivity contribution < 1.29 is 13.5 Å². The van der Waals surface area contributed by atoms with Gasteiger partial charge in [-0.25, -0.2) is 8.78 Å². The molecule has 0 N–H and O–H groups in total. The summed E-state index contributed by atoms with van der Waals surface area (Å²) in [5, 5.41) is 0. The quantitative estimate of drug-likeness (QED) is 0.381. The van der Waals surface area contributed by atoms with E-state index in [4.69, 9.17) is 4.74 Å². The lowest BCUT2D eigenvalue weighted by molar-refractivity contribution is 0.112. The summed E-state index contributed by atoms with van der Waals surface area (Å²) in [6, 6.07) is 10.0. The molecule has 2 fully saturated rings. The Morgan fingerprint density at radius 3 is 2.43 bits per heavy atom. The van der Waals surface area contributed by atoms with Crippen LogP contribution in [0.15, 0.2) is 36.4 Å². The first-order chi connectivity index (χ1) is 16.9. The molecule has 0 bridgehead atoms. The lowest BCUT2D eigenvalue weighted by atomic mass is 9.86. The number of hydrogen-bond donors (Lipinski definition) is 0. The van der Waals surface area contributed by atoms with Crippen LogP contribution in [0, 0.1) is 29.4 Å². The van der Waals surface area contributed by atoms with Crippen molar-refractivity contribution in [3.8, 4) is 11.5 Å².